The van der Waals surface area contributed by atoms with Gasteiger partial charge in [0.05, 0.1) is 0 Å². The molecule has 0 amide bonds. The Labute approximate surface area is 112 Å². The second-order valence-corrected chi connectivity index (χ2v) is 5.50. The highest BCUT2D eigenvalue weighted by atomic mass is 35.5. The summed E-state index contributed by atoms with van der Waals surface area (Å²) >= 11 is 6.07. The zero-order valence-corrected chi connectivity index (χ0v) is 11.1. The van der Waals surface area contributed by atoms with Crippen molar-refractivity contribution in [3.63, 3.8) is 0 Å². The van der Waals surface area contributed by atoms with Crippen molar-refractivity contribution in [2.45, 2.75) is 32.2 Å². The Hall–Kier alpha value is -1.35. The van der Waals surface area contributed by atoms with Gasteiger partial charge in [0.1, 0.15) is 0 Å². The summed E-state index contributed by atoms with van der Waals surface area (Å²) < 4.78 is 0. The van der Waals surface area contributed by atoms with Gasteiger partial charge in [0, 0.05) is 16.8 Å². The van der Waals surface area contributed by atoms with Crippen molar-refractivity contribution in [2.75, 3.05) is 5.32 Å². The largest absolute Gasteiger partial charge is 0.365 e. The maximum Gasteiger partial charge on any atom is 0.159 e. The van der Waals surface area contributed by atoms with Crippen LogP contribution in [0.15, 0.2) is 24.3 Å². The Kier molecular flexibility index (Phi) is 3.08. The summed E-state index contributed by atoms with van der Waals surface area (Å²) in [6.07, 6.45) is 3.70. The first-order valence-corrected chi connectivity index (χ1v) is 6.79. The van der Waals surface area contributed by atoms with Crippen LogP contribution in [0.1, 0.15) is 26.2 Å². The molecule has 3 rings (SSSR count). The molecule has 1 N–H and O–H groups in total. The number of benzene rings is 1. The van der Waals surface area contributed by atoms with E-state index in [0.29, 0.717) is 11.2 Å². The fourth-order valence-corrected chi connectivity index (χ4v) is 2.91. The zero-order valence-electron chi connectivity index (χ0n) is 10.4. The van der Waals surface area contributed by atoms with Crippen molar-refractivity contribution < 1.29 is 0 Å². The first kappa shape index (κ1) is 11.7. The first-order valence-electron chi connectivity index (χ1n) is 6.41. The molecule has 4 heteroatoms. The van der Waals surface area contributed by atoms with Crippen LogP contribution in [0.25, 0.3) is 10.8 Å². The molecule has 1 heterocycles. The summed E-state index contributed by atoms with van der Waals surface area (Å²) in [5, 5.41) is 14.2. The molecule has 1 fully saturated rings. The van der Waals surface area contributed by atoms with E-state index in [-0.39, 0.29) is 0 Å². The Morgan fingerprint density at radius 2 is 1.94 bits per heavy atom. The smallest absolute Gasteiger partial charge is 0.159 e. The van der Waals surface area contributed by atoms with E-state index in [1.54, 1.807) is 0 Å². The maximum atomic E-state index is 6.07. The highest BCUT2D eigenvalue weighted by molar-refractivity contribution is 6.34. The zero-order chi connectivity index (χ0) is 12.5. The number of anilines is 1. The number of fused-ring (bicyclic) bond motifs is 1. The van der Waals surface area contributed by atoms with Gasteiger partial charge in [0.15, 0.2) is 11.0 Å². The quantitative estimate of drug-likeness (QED) is 0.891. The molecule has 1 aliphatic rings. The molecular formula is C14H16ClN3. The van der Waals surface area contributed by atoms with Crippen LogP contribution in [0.4, 0.5) is 5.82 Å². The van der Waals surface area contributed by atoms with Crippen molar-refractivity contribution in [2.24, 2.45) is 5.92 Å². The van der Waals surface area contributed by atoms with Gasteiger partial charge < -0.3 is 5.32 Å². The highest BCUT2D eigenvalue weighted by Gasteiger charge is 2.22. The van der Waals surface area contributed by atoms with Gasteiger partial charge in [-0.1, -0.05) is 42.8 Å². The van der Waals surface area contributed by atoms with Crippen LogP contribution >= 0.6 is 11.6 Å². The van der Waals surface area contributed by atoms with Crippen LogP contribution in [0.2, 0.25) is 5.15 Å². The molecule has 0 spiro atoms. The number of aromatic nitrogens is 2. The van der Waals surface area contributed by atoms with E-state index in [1.807, 2.05) is 24.3 Å². The Bertz CT molecular complexity index is 570. The SMILES string of the molecule is CC1CCC(Nc2nnc(Cl)c3ccccc23)C1. The molecular weight excluding hydrogens is 246 g/mol. The number of rotatable bonds is 2. The number of halogens is 1. The lowest BCUT2D eigenvalue weighted by atomic mass is 10.1. The molecule has 2 atom stereocenters. The van der Waals surface area contributed by atoms with Crippen molar-refractivity contribution in [1.29, 1.82) is 0 Å². The standard InChI is InChI=1S/C14H16ClN3/c1-9-6-7-10(8-9)16-14-12-5-3-2-4-11(12)13(15)17-18-14/h2-5,9-10H,6-8H2,1H3,(H,16,18). The van der Waals surface area contributed by atoms with Crippen LogP contribution in [-0.4, -0.2) is 16.2 Å². The van der Waals surface area contributed by atoms with Crippen LogP contribution in [0, 0.1) is 5.92 Å². The van der Waals surface area contributed by atoms with E-state index < -0.39 is 0 Å². The molecule has 1 aromatic heterocycles. The van der Waals surface area contributed by atoms with Crippen LogP contribution in [-0.2, 0) is 0 Å². The van der Waals surface area contributed by atoms with E-state index in [9.17, 15) is 0 Å². The predicted octanol–water partition coefficient (Wildman–Crippen LogP) is 3.88. The maximum absolute atomic E-state index is 6.07. The molecule has 0 aliphatic heterocycles. The van der Waals surface area contributed by atoms with Crippen LogP contribution < -0.4 is 5.32 Å². The summed E-state index contributed by atoms with van der Waals surface area (Å²) in [4.78, 5) is 0. The fourth-order valence-electron chi connectivity index (χ4n) is 2.71. The molecule has 1 aliphatic carbocycles. The van der Waals surface area contributed by atoms with Crippen LogP contribution in [0.5, 0.6) is 0 Å². The van der Waals surface area contributed by atoms with E-state index in [2.05, 4.69) is 22.4 Å². The molecule has 1 saturated carbocycles. The van der Waals surface area contributed by atoms with Gasteiger partial charge in [-0.05, 0) is 25.2 Å². The Balaban J connectivity index is 1.95. The third kappa shape index (κ3) is 2.15. The lowest BCUT2D eigenvalue weighted by Crippen LogP contribution is -2.16. The summed E-state index contributed by atoms with van der Waals surface area (Å²) in [7, 11) is 0. The third-order valence-electron chi connectivity index (χ3n) is 3.68. The molecule has 0 radical (unpaired) electrons. The van der Waals surface area contributed by atoms with Gasteiger partial charge in [0.2, 0.25) is 0 Å². The van der Waals surface area contributed by atoms with Gasteiger partial charge in [-0.25, -0.2) is 0 Å². The van der Waals surface area contributed by atoms with Crippen molar-refractivity contribution in [3.8, 4) is 0 Å². The summed E-state index contributed by atoms with van der Waals surface area (Å²) in [6.45, 7) is 2.30. The van der Waals surface area contributed by atoms with E-state index in [1.165, 1.54) is 19.3 Å². The predicted molar refractivity (Wildman–Crippen MR) is 75.0 cm³/mol. The molecule has 94 valence electrons. The third-order valence-corrected chi connectivity index (χ3v) is 3.96. The Morgan fingerprint density at radius 3 is 2.67 bits per heavy atom. The summed E-state index contributed by atoms with van der Waals surface area (Å²) in [5.41, 5.74) is 0. The average molecular weight is 262 g/mol. The molecule has 18 heavy (non-hydrogen) atoms. The van der Waals surface area contributed by atoms with Crippen molar-refractivity contribution in [1.82, 2.24) is 10.2 Å². The molecule has 2 aromatic rings. The minimum atomic E-state index is 0.468. The molecule has 2 unspecified atom stereocenters. The monoisotopic (exact) mass is 261 g/mol. The van der Waals surface area contributed by atoms with Crippen molar-refractivity contribution >= 4 is 28.2 Å². The van der Waals surface area contributed by atoms with E-state index in [4.69, 9.17) is 11.6 Å². The van der Waals surface area contributed by atoms with Gasteiger partial charge in [-0.2, -0.15) is 0 Å². The van der Waals surface area contributed by atoms with Gasteiger partial charge in [-0.3, -0.25) is 0 Å². The van der Waals surface area contributed by atoms with E-state index >= 15 is 0 Å². The number of hydrogen-bond acceptors (Lipinski definition) is 3. The second kappa shape index (κ2) is 4.73. The highest BCUT2D eigenvalue weighted by Crippen LogP contribution is 2.30. The van der Waals surface area contributed by atoms with Crippen LogP contribution in [0.3, 0.4) is 0 Å². The molecule has 1 aromatic carbocycles. The molecule has 0 saturated heterocycles. The topological polar surface area (TPSA) is 37.8 Å². The number of nitrogens with one attached hydrogen (secondary N) is 1. The van der Waals surface area contributed by atoms with E-state index in [0.717, 1.165) is 22.5 Å². The normalized spacial score (nSPS) is 23.4. The minimum Gasteiger partial charge on any atom is -0.365 e. The number of hydrogen-bond donors (Lipinski definition) is 1. The first-order chi connectivity index (χ1) is 8.74. The van der Waals surface area contributed by atoms with Crippen molar-refractivity contribution in [3.05, 3.63) is 29.4 Å². The fraction of sp³-hybridized carbons (Fsp3) is 0.429. The average Bonchev–Trinajstić information content (AvgIpc) is 2.79. The number of nitrogens with zero attached hydrogens (tertiary/aromatic N) is 2. The van der Waals surface area contributed by atoms with Gasteiger partial charge in [0.25, 0.3) is 0 Å². The molecule has 0 bridgehead atoms. The minimum absolute atomic E-state index is 0.468. The lowest BCUT2D eigenvalue weighted by molar-refractivity contribution is 0.602. The van der Waals surface area contributed by atoms with Gasteiger partial charge in [-0.15, -0.1) is 10.2 Å². The lowest BCUT2D eigenvalue weighted by Gasteiger charge is -2.14. The second-order valence-electron chi connectivity index (χ2n) is 5.14. The molecule has 3 nitrogen and oxygen atoms in total. The Morgan fingerprint density at radius 1 is 1.17 bits per heavy atom. The summed E-state index contributed by atoms with van der Waals surface area (Å²) in [6, 6.07) is 8.50. The summed E-state index contributed by atoms with van der Waals surface area (Å²) in [5.74, 6) is 1.66. The van der Waals surface area contributed by atoms with Gasteiger partial charge >= 0.3 is 0 Å².